The maximum atomic E-state index is 6.05. The minimum absolute atomic E-state index is 0.0754. The quantitative estimate of drug-likeness (QED) is 0.547. The van der Waals surface area contributed by atoms with E-state index in [0.29, 0.717) is 18.2 Å². The van der Waals surface area contributed by atoms with Crippen molar-refractivity contribution in [2.45, 2.75) is 52.2 Å². The number of methoxy groups -OCH3 is 1. The first kappa shape index (κ1) is 21.2. The molecule has 4 rings (SSSR count). The summed E-state index contributed by atoms with van der Waals surface area (Å²) in [6, 6.07) is 12.5. The number of rotatable bonds is 7. The van der Waals surface area contributed by atoms with Gasteiger partial charge >= 0.3 is 0 Å². The maximum absolute atomic E-state index is 6.05. The van der Waals surface area contributed by atoms with Crippen LogP contribution in [0.5, 0.6) is 11.8 Å². The molecule has 0 spiro atoms. The number of anilines is 1. The Labute approximate surface area is 184 Å². The summed E-state index contributed by atoms with van der Waals surface area (Å²) >= 11 is 0. The second kappa shape index (κ2) is 9.02. The number of aromatic nitrogens is 3. The van der Waals surface area contributed by atoms with E-state index >= 15 is 0 Å². The number of hydrogen-bond donors (Lipinski definition) is 0. The third-order valence-corrected chi connectivity index (χ3v) is 5.94. The largest absolute Gasteiger partial charge is 0.419 e. The van der Waals surface area contributed by atoms with Crippen molar-refractivity contribution in [2.24, 2.45) is 0 Å². The third kappa shape index (κ3) is 4.12. The van der Waals surface area contributed by atoms with E-state index in [-0.39, 0.29) is 12.1 Å². The first-order chi connectivity index (χ1) is 15.0. The van der Waals surface area contributed by atoms with E-state index in [0.717, 1.165) is 35.6 Å². The number of nitrogens with zero attached hydrogens (tertiary/aromatic N) is 4. The molecule has 0 unspecified atom stereocenters. The van der Waals surface area contributed by atoms with Gasteiger partial charge < -0.3 is 14.4 Å². The van der Waals surface area contributed by atoms with Crippen LogP contribution in [0.2, 0.25) is 0 Å². The van der Waals surface area contributed by atoms with Crippen LogP contribution < -0.4 is 9.64 Å². The van der Waals surface area contributed by atoms with E-state index in [9.17, 15) is 0 Å². The van der Waals surface area contributed by atoms with Gasteiger partial charge in [0.2, 0.25) is 11.8 Å². The minimum atomic E-state index is 0.0754. The van der Waals surface area contributed by atoms with Crippen molar-refractivity contribution in [3.05, 3.63) is 70.7 Å². The summed E-state index contributed by atoms with van der Waals surface area (Å²) in [4.78, 5) is 16.4. The van der Waals surface area contributed by atoms with Crippen LogP contribution in [-0.4, -0.2) is 35.2 Å². The van der Waals surface area contributed by atoms with Gasteiger partial charge in [-0.3, -0.25) is 0 Å². The fraction of sp³-hybridized carbons (Fsp3) is 0.400. The molecule has 0 saturated heterocycles. The van der Waals surface area contributed by atoms with Gasteiger partial charge in [0.05, 0.1) is 17.8 Å². The molecular formula is C25H30N4O2. The molecule has 162 valence electrons. The number of likely N-dealkylation sites (N-methyl/N-ethyl adjacent to an activating group) is 1. The molecule has 0 aliphatic heterocycles. The van der Waals surface area contributed by atoms with E-state index in [1.807, 2.05) is 19.1 Å². The molecule has 2 aromatic heterocycles. The van der Waals surface area contributed by atoms with Crippen LogP contribution >= 0.6 is 0 Å². The number of pyridine rings is 1. The summed E-state index contributed by atoms with van der Waals surface area (Å²) in [6.45, 7) is 6.18. The molecule has 1 aromatic carbocycles. The fourth-order valence-electron chi connectivity index (χ4n) is 4.31. The Balaban J connectivity index is 1.73. The van der Waals surface area contributed by atoms with Crippen LogP contribution in [0.3, 0.4) is 0 Å². The van der Waals surface area contributed by atoms with Gasteiger partial charge in [0.15, 0.2) is 5.82 Å². The highest BCUT2D eigenvalue weighted by atomic mass is 16.5. The van der Waals surface area contributed by atoms with Crippen LogP contribution in [0.4, 0.5) is 5.82 Å². The van der Waals surface area contributed by atoms with Gasteiger partial charge in [-0.25, -0.2) is 15.0 Å². The van der Waals surface area contributed by atoms with E-state index in [1.165, 1.54) is 11.1 Å². The summed E-state index contributed by atoms with van der Waals surface area (Å²) in [6.07, 6.45) is 4.19. The average molecular weight is 419 g/mol. The minimum Gasteiger partial charge on any atom is -0.419 e. The molecule has 0 N–H and O–H groups in total. The molecule has 2 atom stereocenters. The van der Waals surface area contributed by atoms with Crippen molar-refractivity contribution >= 4 is 5.82 Å². The van der Waals surface area contributed by atoms with Crippen molar-refractivity contribution < 1.29 is 9.47 Å². The van der Waals surface area contributed by atoms with Crippen molar-refractivity contribution in [1.82, 2.24) is 15.0 Å². The van der Waals surface area contributed by atoms with E-state index in [1.54, 1.807) is 13.3 Å². The highest BCUT2D eigenvalue weighted by molar-refractivity contribution is 5.52. The number of aryl methyl sites for hydroxylation is 3. The lowest BCUT2D eigenvalue weighted by Crippen LogP contribution is -2.34. The zero-order chi connectivity index (χ0) is 22.0. The van der Waals surface area contributed by atoms with Crippen LogP contribution in [0.1, 0.15) is 48.0 Å². The zero-order valence-corrected chi connectivity index (χ0v) is 18.9. The lowest BCUT2D eigenvalue weighted by Gasteiger charge is -2.32. The molecule has 0 saturated carbocycles. The molecular weight excluding hydrogens is 388 g/mol. The van der Waals surface area contributed by atoms with E-state index in [4.69, 9.17) is 19.4 Å². The van der Waals surface area contributed by atoms with Crippen molar-refractivity contribution in [3.63, 3.8) is 0 Å². The number of hydrogen-bond acceptors (Lipinski definition) is 6. The van der Waals surface area contributed by atoms with Gasteiger partial charge in [0.25, 0.3) is 0 Å². The molecule has 3 aromatic rings. The fourth-order valence-corrected chi connectivity index (χ4v) is 4.31. The maximum Gasteiger partial charge on any atom is 0.243 e. The highest BCUT2D eigenvalue weighted by Gasteiger charge is 2.36. The van der Waals surface area contributed by atoms with Gasteiger partial charge in [-0.05, 0) is 42.5 Å². The molecule has 0 fully saturated rings. The van der Waals surface area contributed by atoms with Gasteiger partial charge in [-0.15, -0.1) is 0 Å². The summed E-state index contributed by atoms with van der Waals surface area (Å²) in [5.74, 6) is 1.95. The van der Waals surface area contributed by atoms with Crippen LogP contribution in [0.25, 0.3) is 0 Å². The van der Waals surface area contributed by atoms with Crippen LogP contribution in [0, 0.1) is 6.92 Å². The van der Waals surface area contributed by atoms with Crippen molar-refractivity contribution in [3.8, 4) is 11.8 Å². The number of benzene rings is 1. The second-order valence-corrected chi connectivity index (χ2v) is 7.96. The Morgan fingerprint density at radius 2 is 1.84 bits per heavy atom. The summed E-state index contributed by atoms with van der Waals surface area (Å²) in [5, 5.41) is 0. The molecule has 0 radical (unpaired) electrons. The van der Waals surface area contributed by atoms with Gasteiger partial charge in [-0.1, -0.05) is 38.1 Å². The Bertz CT molecular complexity index is 1070. The molecule has 6 nitrogen and oxygen atoms in total. The first-order valence-corrected chi connectivity index (χ1v) is 10.9. The second-order valence-electron chi connectivity index (χ2n) is 7.96. The summed E-state index contributed by atoms with van der Waals surface area (Å²) in [5.41, 5.74) is 5.44. The zero-order valence-electron chi connectivity index (χ0n) is 18.9. The smallest absolute Gasteiger partial charge is 0.243 e. The predicted molar refractivity (Wildman–Crippen MR) is 122 cm³/mol. The Morgan fingerprint density at radius 3 is 2.55 bits per heavy atom. The Hall–Kier alpha value is -2.99. The molecule has 31 heavy (non-hydrogen) atoms. The molecule has 1 aliphatic carbocycles. The van der Waals surface area contributed by atoms with E-state index in [2.05, 4.69) is 55.0 Å². The average Bonchev–Trinajstić information content (AvgIpc) is 3.17. The standard InChI is InChI=1S/C25H30N4O2/c1-6-19-24(29(4)23-18-11-9-8-10-17(18)15-21(23)30-5)27-20(7-2)25(28-19)31-22-14-16(3)12-13-26-22/h8-14,21,23H,6-7,15H2,1-5H3/t21-,23+/m0/s1. The van der Waals surface area contributed by atoms with Crippen molar-refractivity contribution in [1.29, 1.82) is 0 Å². The topological polar surface area (TPSA) is 60.4 Å². The van der Waals surface area contributed by atoms with Crippen molar-refractivity contribution in [2.75, 3.05) is 19.1 Å². The monoisotopic (exact) mass is 418 g/mol. The van der Waals surface area contributed by atoms with Gasteiger partial charge in [0.1, 0.15) is 5.69 Å². The Morgan fingerprint density at radius 1 is 1.06 bits per heavy atom. The normalized spacial score (nSPS) is 17.5. The van der Waals surface area contributed by atoms with Crippen LogP contribution in [-0.2, 0) is 24.0 Å². The summed E-state index contributed by atoms with van der Waals surface area (Å²) < 4.78 is 11.9. The molecule has 1 aliphatic rings. The molecule has 0 bridgehead atoms. The van der Waals surface area contributed by atoms with E-state index < -0.39 is 0 Å². The molecule has 2 heterocycles. The SMILES string of the molecule is CCc1nc(N(C)[C@@H]2c3ccccc3C[C@@H]2OC)c(CC)nc1Oc1cc(C)ccn1. The van der Waals surface area contributed by atoms with Crippen LogP contribution in [0.15, 0.2) is 42.6 Å². The molecule has 6 heteroatoms. The van der Waals surface area contributed by atoms with Gasteiger partial charge in [0, 0.05) is 32.8 Å². The first-order valence-electron chi connectivity index (χ1n) is 10.9. The number of ether oxygens (including phenoxy) is 2. The highest BCUT2D eigenvalue weighted by Crippen LogP contribution is 2.40. The lowest BCUT2D eigenvalue weighted by atomic mass is 10.1. The predicted octanol–water partition coefficient (Wildman–Crippen LogP) is 4.85. The Kier molecular flexibility index (Phi) is 6.18. The molecule has 0 amide bonds. The van der Waals surface area contributed by atoms with Gasteiger partial charge in [-0.2, -0.15) is 0 Å². The lowest BCUT2D eigenvalue weighted by molar-refractivity contribution is 0.0889. The third-order valence-electron chi connectivity index (χ3n) is 5.94. The summed E-state index contributed by atoms with van der Waals surface area (Å²) in [7, 11) is 3.87. The number of fused-ring (bicyclic) bond motifs is 1.